The molecule has 0 aromatic carbocycles. The van der Waals surface area contributed by atoms with Gasteiger partial charge in [0.2, 0.25) is 0 Å². The summed E-state index contributed by atoms with van der Waals surface area (Å²) >= 11 is 0. The molecule has 0 spiro atoms. The fourth-order valence-electron chi connectivity index (χ4n) is 3.17. The number of fused-ring (bicyclic) bond motifs is 2. The quantitative estimate of drug-likeness (QED) is 0.612. The van der Waals surface area contributed by atoms with Crippen LogP contribution in [0.1, 0.15) is 25.7 Å². The molecule has 0 aromatic heterocycles. The van der Waals surface area contributed by atoms with Gasteiger partial charge >= 0.3 is 11.9 Å². The zero-order chi connectivity index (χ0) is 11.2. The molecule has 2 aliphatic carbocycles. The van der Waals surface area contributed by atoms with Crippen molar-refractivity contribution in [3.63, 3.8) is 0 Å². The predicted molar refractivity (Wildman–Crippen MR) is 51.1 cm³/mol. The Morgan fingerprint density at radius 1 is 1.13 bits per heavy atom. The van der Waals surface area contributed by atoms with Gasteiger partial charge in [-0.3, -0.25) is 9.59 Å². The standard InChI is InChI=1S/C10H15NO4/c11-10(9(14)15)6-1-2-7(10)4-5(3-6)8(12)13/h5-7H,1-4,11H2,(H,12,13)(H,14,15)/t5?,6-,7-,10?/m0/s1. The third-order valence-electron chi connectivity index (χ3n) is 4.07. The molecule has 2 fully saturated rings. The van der Waals surface area contributed by atoms with E-state index in [-0.39, 0.29) is 11.8 Å². The van der Waals surface area contributed by atoms with Crippen LogP contribution in [0.2, 0.25) is 0 Å². The molecule has 0 heterocycles. The first-order chi connectivity index (χ1) is 6.96. The summed E-state index contributed by atoms with van der Waals surface area (Å²) in [6.07, 6.45) is 2.32. The molecule has 2 saturated carbocycles. The Morgan fingerprint density at radius 2 is 1.60 bits per heavy atom. The van der Waals surface area contributed by atoms with Crippen molar-refractivity contribution in [1.82, 2.24) is 0 Å². The van der Waals surface area contributed by atoms with Crippen LogP contribution in [0.15, 0.2) is 0 Å². The maximum atomic E-state index is 11.1. The first-order valence-corrected chi connectivity index (χ1v) is 5.21. The van der Waals surface area contributed by atoms with Crippen LogP contribution >= 0.6 is 0 Å². The second-order valence-electron chi connectivity index (χ2n) is 4.72. The van der Waals surface area contributed by atoms with Crippen LogP contribution in [0, 0.1) is 17.8 Å². The number of aliphatic carboxylic acids is 2. The molecule has 0 saturated heterocycles. The van der Waals surface area contributed by atoms with Gasteiger partial charge in [-0.15, -0.1) is 0 Å². The first kappa shape index (κ1) is 10.4. The summed E-state index contributed by atoms with van der Waals surface area (Å²) in [5.74, 6) is -2.54. The SMILES string of the molecule is NC1(C(=O)O)[C@H]2CC[C@H]1CC(C(=O)O)C2. The lowest BCUT2D eigenvalue weighted by molar-refractivity contribution is -0.153. The number of nitrogens with two attached hydrogens (primary N) is 1. The maximum absolute atomic E-state index is 11.1. The molecular weight excluding hydrogens is 198 g/mol. The normalized spacial score (nSPS) is 43.9. The average Bonchev–Trinajstić information content (AvgIpc) is 2.39. The van der Waals surface area contributed by atoms with Gasteiger partial charge < -0.3 is 15.9 Å². The molecule has 4 N–H and O–H groups in total. The molecule has 5 heteroatoms. The zero-order valence-corrected chi connectivity index (χ0v) is 8.35. The fraction of sp³-hybridized carbons (Fsp3) is 0.800. The molecule has 0 aliphatic heterocycles. The molecule has 2 atom stereocenters. The van der Waals surface area contributed by atoms with Crippen LogP contribution in [-0.4, -0.2) is 27.7 Å². The van der Waals surface area contributed by atoms with Gasteiger partial charge in [-0.2, -0.15) is 0 Å². The Kier molecular flexibility index (Phi) is 2.22. The van der Waals surface area contributed by atoms with Crippen molar-refractivity contribution in [2.24, 2.45) is 23.5 Å². The van der Waals surface area contributed by atoms with Crippen molar-refractivity contribution in [3.05, 3.63) is 0 Å². The molecule has 2 bridgehead atoms. The minimum atomic E-state index is -1.17. The highest BCUT2D eigenvalue weighted by molar-refractivity contribution is 5.81. The smallest absolute Gasteiger partial charge is 0.324 e. The summed E-state index contributed by atoms with van der Waals surface area (Å²) in [4.78, 5) is 22.0. The van der Waals surface area contributed by atoms with E-state index in [2.05, 4.69) is 0 Å². The third kappa shape index (κ3) is 1.33. The predicted octanol–water partition coefficient (Wildman–Crippen LogP) is 0.289. The Hall–Kier alpha value is -1.10. The molecule has 2 rings (SSSR count). The third-order valence-corrected chi connectivity index (χ3v) is 4.07. The highest BCUT2D eigenvalue weighted by Gasteiger charge is 2.57. The number of carboxylic acids is 2. The van der Waals surface area contributed by atoms with E-state index in [9.17, 15) is 9.59 Å². The Morgan fingerprint density at radius 3 is 1.93 bits per heavy atom. The molecule has 0 amide bonds. The van der Waals surface area contributed by atoms with Crippen LogP contribution in [0.25, 0.3) is 0 Å². The van der Waals surface area contributed by atoms with Crippen molar-refractivity contribution < 1.29 is 19.8 Å². The maximum Gasteiger partial charge on any atom is 0.324 e. The summed E-state index contributed by atoms with van der Waals surface area (Å²) in [7, 11) is 0. The molecule has 84 valence electrons. The number of carbonyl (C=O) groups is 2. The van der Waals surface area contributed by atoms with E-state index in [0.717, 1.165) is 12.8 Å². The lowest BCUT2D eigenvalue weighted by Gasteiger charge is -2.39. The summed E-state index contributed by atoms with van der Waals surface area (Å²) in [5, 5.41) is 18.1. The molecule has 2 aliphatic rings. The fourth-order valence-corrected chi connectivity index (χ4v) is 3.17. The zero-order valence-electron chi connectivity index (χ0n) is 8.35. The minimum absolute atomic E-state index is 0.171. The second-order valence-corrected chi connectivity index (χ2v) is 4.72. The minimum Gasteiger partial charge on any atom is -0.481 e. The highest BCUT2D eigenvalue weighted by atomic mass is 16.4. The number of hydrogen-bond donors (Lipinski definition) is 3. The van der Waals surface area contributed by atoms with Crippen molar-refractivity contribution in [2.75, 3.05) is 0 Å². The molecule has 5 nitrogen and oxygen atoms in total. The molecule has 15 heavy (non-hydrogen) atoms. The van der Waals surface area contributed by atoms with Gasteiger partial charge in [-0.1, -0.05) is 0 Å². The average molecular weight is 213 g/mol. The van der Waals surface area contributed by atoms with Crippen LogP contribution in [-0.2, 0) is 9.59 Å². The number of hydrogen-bond acceptors (Lipinski definition) is 3. The topological polar surface area (TPSA) is 101 Å². The summed E-state index contributed by atoms with van der Waals surface area (Å²) in [6.45, 7) is 0. The van der Waals surface area contributed by atoms with Gasteiger partial charge in [-0.25, -0.2) is 0 Å². The van der Waals surface area contributed by atoms with Gasteiger partial charge in [0.1, 0.15) is 5.54 Å². The van der Waals surface area contributed by atoms with Crippen LogP contribution in [0.3, 0.4) is 0 Å². The van der Waals surface area contributed by atoms with E-state index >= 15 is 0 Å². The van der Waals surface area contributed by atoms with Gasteiger partial charge in [0.25, 0.3) is 0 Å². The largest absolute Gasteiger partial charge is 0.481 e. The first-order valence-electron chi connectivity index (χ1n) is 5.21. The van der Waals surface area contributed by atoms with Crippen molar-refractivity contribution in [3.8, 4) is 0 Å². The Bertz CT molecular complexity index is 301. The Balaban J connectivity index is 2.24. The molecule has 0 radical (unpaired) electrons. The van der Waals surface area contributed by atoms with Gasteiger partial charge in [0, 0.05) is 0 Å². The second kappa shape index (κ2) is 3.20. The molecule has 0 unspecified atom stereocenters. The number of rotatable bonds is 2. The van der Waals surface area contributed by atoms with Crippen molar-refractivity contribution in [1.29, 1.82) is 0 Å². The molecule has 0 aromatic rings. The summed E-state index contributed by atoms with van der Waals surface area (Å²) in [5.41, 5.74) is 4.75. The van der Waals surface area contributed by atoms with E-state index < -0.39 is 23.4 Å². The van der Waals surface area contributed by atoms with Crippen LogP contribution in [0.5, 0.6) is 0 Å². The molecular formula is C10H15NO4. The lowest BCUT2D eigenvalue weighted by Crippen LogP contribution is -2.59. The summed E-state index contributed by atoms with van der Waals surface area (Å²) < 4.78 is 0. The van der Waals surface area contributed by atoms with Crippen LogP contribution in [0.4, 0.5) is 0 Å². The Labute approximate surface area is 87.3 Å². The van der Waals surface area contributed by atoms with Crippen molar-refractivity contribution in [2.45, 2.75) is 31.2 Å². The highest BCUT2D eigenvalue weighted by Crippen LogP contribution is 2.50. The van der Waals surface area contributed by atoms with E-state index in [1.165, 1.54) is 0 Å². The van der Waals surface area contributed by atoms with E-state index in [4.69, 9.17) is 15.9 Å². The monoisotopic (exact) mass is 213 g/mol. The van der Waals surface area contributed by atoms with Crippen LogP contribution < -0.4 is 5.73 Å². The lowest BCUT2D eigenvalue weighted by atomic mass is 9.68. The summed E-state index contributed by atoms with van der Waals surface area (Å²) in [6, 6.07) is 0. The van der Waals surface area contributed by atoms with Gasteiger partial charge in [0.05, 0.1) is 5.92 Å². The van der Waals surface area contributed by atoms with Crippen molar-refractivity contribution >= 4 is 11.9 Å². The van der Waals surface area contributed by atoms with E-state index in [1.54, 1.807) is 0 Å². The van der Waals surface area contributed by atoms with E-state index in [0.29, 0.717) is 12.8 Å². The van der Waals surface area contributed by atoms with E-state index in [1.807, 2.05) is 0 Å². The van der Waals surface area contributed by atoms with Gasteiger partial charge in [-0.05, 0) is 37.5 Å². The van der Waals surface area contributed by atoms with Gasteiger partial charge in [0.15, 0.2) is 0 Å². The number of carboxylic acid groups (broad SMARTS) is 2.